The van der Waals surface area contributed by atoms with Gasteiger partial charge in [0.15, 0.2) is 6.61 Å². The molecule has 1 aliphatic heterocycles. The Labute approximate surface area is 113 Å². The predicted molar refractivity (Wildman–Crippen MR) is 70.0 cm³/mol. The molecule has 1 saturated heterocycles. The van der Waals surface area contributed by atoms with Crippen molar-refractivity contribution in [1.82, 2.24) is 15.0 Å². The second-order valence-electron chi connectivity index (χ2n) is 5.37. The second kappa shape index (κ2) is 5.61. The summed E-state index contributed by atoms with van der Waals surface area (Å²) in [6, 6.07) is 2.08. The molecule has 0 spiro atoms. The van der Waals surface area contributed by atoms with Crippen LogP contribution < -0.4 is 4.74 Å². The molecular formula is C13H21N3O3. The van der Waals surface area contributed by atoms with E-state index >= 15 is 0 Å². The van der Waals surface area contributed by atoms with Gasteiger partial charge in [0.05, 0.1) is 0 Å². The number of carbonyl (C=O) groups is 1. The molecule has 0 bridgehead atoms. The van der Waals surface area contributed by atoms with Gasteiger partial charge in [-0.15, -0.1) is 0 Å². The van der Waals surface area contributed by atoms with Gasteiger partial charge in [0.1, 0.15) is 5.76 Å². The third-order valence-corrected chi connectivity index (χ3v) is 3.54. The number of carbonyl (C=O) groups excluding carboxylic acids is 1. The summed E-state index contributed by atoms with van der Waals surface area (Å²) in [4.78, 5) is 16.1. The Morgan fingerprint density at radius 3 is 2.84 bits per heavy atom. The number of hydrogen-bond acceptors (Lipinski definition) is 5. The molecule has 1 aliphatic rings. The van der Waals surface area contributed by atoms with Crippen LogP contribution in [0.5, 0.6) is 5.88 Å². The molecule has 6 nitrogen and oxygen atoms in total. The molecule has 106 valence electrons. The highest BCUT2D eigenvalue weighted by Gasteiger charge is 2.33. The lowest BCUT2D eigenvalue weighted by atomic mass is 10.1. The number of nitrogens with zero attached hydrogens (tertiary/aromatic N) is 3. The largest absolute Gasteiger partial charge is 0.465 e. The Balaban J connectivity index is 1.84. The number of likely N-dealkylation sites (N-methyl/N-ethyl adjacent to an activating group) is 1. The van der Waals surface area contributed by atoms with Gasteiger partial charge < -0.3 is 19.1 Å². The highest BCUT2D eigenvalue weighted by molar-refractivity contribution is 5.78. The van der Waals surface area contributed by atoms with Crippen molar-refractivity contribution in [2.75, 3.05) is 33.8 Å². The number of hydrogen-bond donors (Lipinski definition) is 0. The van der Waals surface area contributed by atoms with Crippen LogP contribution >= 0.6 is 0 Å². The zero-order chi connectivity index (χ0) is 14.0. The van der Waals surface area contributed by atoms with E-state index in [1.807, 2.05) is 19.0 Å². The number of aromatic nitrogens is 1. The fourth-order valence-corrected chi connectivity index (χ4v) is 2.46. The molecule has 1 amide bonds. The Kier molecular flexibility index (Phi) is 4.09. The summed E-state index contributed by atoms with van der Waals surface area (Å²) in [6.07, 6.45) is 0. The lowest BCUT2D eigenvalue weighted by Gasteiger charge is -2.22. The average Bonchev–Trinajstić information content (AvgIpc) is 2.92. The Hall–Kier alpha value is -1.56. The number of rotatable bonds is 4. The lowest BCUT2D eigenvalue weighted by molar-refractivity contribution is -0.132. The minimum atomic E-state index is -0.00291. The number of aryl methyl sites for hydroxylation is 1. The average molecular weight is 267 g/mol. The van der Waals surface area contributed by atoms with Crippen LogP contribution in [0.3, 0.4) is 0 Å². The minimum absolute atomic E-state index is 0.00291. The first-order valence-electron chi connectivity index (χ1n) is 6.47. The molecule has 0 unspecified atom stereocenters. The number of likely N-dealkylation sites (tertiary alicyclic amines) is 1. The monoisotopic (exact) mass is 267 g/mol. The maximum Gasteiger partial charge on any atom is 0.260 e. The van der Waals surface area contributed by atoms with E-state index in [0.29, 0.717) is 23.6 Å². The van der Waals surface area contributed by atoms with Crippen LogP contribution in [0.2, 0.25) is 0 Å². The third-order valence-electron chi connectivity index (χ3n) is 3.54. The predicted octanol–water partition coefficient (Wildman–Crippen LogP) is 0.770. The lowest BCUT2D eigenvalue weighted by Crippen LogP contribution is -2.37. The highest BCUT2D eigenvalue weighted by Crippen LogP contribution is 2.20. The van der Waals surface area contributed by atoms with E-state index < -0.39 is 0 Å². The van der Waals surface area contributed by atoms with Crippen molar-refractivity contribution in [3.05, 3.63) is 11.8 Å². The van der Waals surface area contributed by atoms with Crippen molar-refractivity contribution in [1.29, 1.82) is 0 Å². The molecule has 1 aromatic rings. The standard InChI is InChI=1S/C13H21N3O3/c1-9-6-16(7-11(9)15(3)4)13(17)8-18-12-5-10(2)19-14-12/h5,9,11H,6-8H2,1-4H3/t9-,11+/m0/s1. The molecule has 2 heterocycles. The smallest absolute Gasteiger partial charge is 0.260 e. The molecule has 1 fully saturated rings. The zero-order valence-corrected chi connectivity index (χ0v) is 11.9. The van der Waals surface area contributed by atoms with Gasteiger partial charge >= 0.3 is 0 Å². The summed E-state index contributed by atoms with van der Waals surface area (Å²) in [5, 5.41) is 3.70. The van der Waals surface area contributed by atoms with E-state index in [1.54, 1.807) is 13.0 Å². The van der Waals surface area contributed by atoms with Gasteiger partial charge in [-0.2, -0.15) is 0 Å². The summed E-state index contributed by atoms with van der Waals surface area (Å²) in [7, 11) is 4.09. The van der Waals surface area contributed by atoms with E-state index in [0.717, 1.165) is 13.1 Å². The van der Waals surface area contributed by atoms with Crippen molar-refractivity contribution in [2.24, 2.45) is 5.92 Å². The topological polar surface area (TPSA) is 58.8 Å². The van der Waals surface area contributed by atoms with Crippen LogP contribution in [0.1, 0.15) is 12.7 Å². The molecular weight excluding hydrogens is 246 g/mol. The van der Waals surface area contributed by atoms with Gasteiger partial charge in [0, 0.05) is 25.2 Å². The molecule has 0 radical (unpaired) electrons. The summed E-state index contributed by atoms with van der Waals surface area (Å²) < 4.78 is 10.2. The van der Waals surface area contributed by atoms with Crippen LogP contribution in [0.25, 0.3) is 0 Å². The van der Waals surface area contributed by atoms with Gasteiger partial charge in [0.25, 0.3) is 11.8 Å². The van der Waals surface area contributed by atoms with Crippen molar-refractivity contribution >= 4 is 5.91 Å². The van der Waals surface area contributed by atoms with Crippen molar-refractivity contribution in [3.63, 3.8) is 0 Å². The molecule has 6 heteroatoms. The van der Waals surface area contributed by atoms with Gasteiger partial charge in [-0.3, -0.25) is 4.79 Å². The van der Waals surface area contributed by atoms with E-state index in [4.69, 9.17) is 9.26 Å². The van der Waals surface area contributed by atoms with Crippen LogP contribution in [-0.4, -0.2) is 60.7 Å². The van der Waals surface area contributed by atoms with E-state index in [2.05, 4.69) is 17.0 Å². The Morgan fingerprint density at radius 2 is 2.32 bits per heavy atom. The first-order chi connectivity index (χ1) is 8.97. The second-order valence-corrected chi connectivity index (χ2v) is 5.37. The van der Waals surface area contributed by atoms with Gasteiger partial charge in [-0.25, -0.2) is 0 Å². The van der Waals surface area contributed by atoms with Gasteiger partial charge in [0.2, 0.25) is 0 Å². The van der Waals surface area contributed by atoms with E-state index in [1.165, 1.54) is 0 Å². The fourth-order valence-electron chi connectivity index (χ4n) is 2.46. The molecule has 0 N–H and O–H groups in total. The molecule has 0 saturated carbocycles. The van der Waals surface area contributed by atoms with Crippen LogP contribution in [0.4, 0.5) is 0 Å². The zero-order valence-electron chi connectivity index (χ0n) is 11.9. The summed E-state index contributed by atoms with van der Waals surface area (Å²) in [5.74, 6) is 1.51. The maximum atomic E-state index is 12.1. The summed E-state index contributed by atoms with van der Waals surface area (Å²) in [5.41, 5.74) is 0. The van der Waals surface area contributed by atoms with Gasteiger partial charge in [-0.1, -0.05) is 6.92 Å². The fraction of sp³-hybridized carbons (Fsp3) is 0.692. The number of ether oxygens (including phenoxy) is 1. The van der Waals surface area contributed by atoms with Crippen molar-refractivity contribution in [3.8, 4) is 5.88 Å². The molecule has 19 heavy (non-hydrogen) atoms. The molecule has 0 aliphatic carbocycles. The quantitative estimate of drug-likeness (QED) is 0.806. The van der Waals surface area contributed by atoms with Gasteiger partial charge in [-0.05, 0) is 32.1 Å². The summed E-state index contributed by atoms with van der Waals surface area (Å²) in [6.45, 7) is 5.50. The molecule has 1 aromatic heterocycles. The van der Waals surface area contributed by atoms with Crippen LogP contribution in [-0.2, 0) is 4.79 Å². The summed E-state index contributed by atoms with van der Waals surface area (Å²) >= 11 is 0. The van der Waals surface area contributed by atoms with E-state index in [-0.39, 0.29) is 12.5 Å². The molecule has 2 atom stereocenters. The van der Waals surface area contributed by atoms with Crippen molar-refractivity contribution in [2.45, 2.75) is 19.9 Å². The maximum absolute atomic E-state index is 12.1. The van der Waals surface area contributed by atoms with Crippen LogP contribution in [0, 0.1) is 12.8 Å². The first kappa shape index (κ1) is 13.9. The normalized spacial score (nSPS) is 23.1. The van der Waals surface area contributed by atoms with Crippen molar-refractivity contribution < 1.29 is 14.1 Å². The number of amides is 1. The molecule has 0 aromatic carbocycles. The Bertz CT molecular complexity index is 444. The first-order valence-corrected chi connectivity index (χ1v) is 6.47. The van der Waals surface area contributed by atoms with E-state index in [9.17, 15) is 4.79 Å². The highest BCUT2D eigenvalue weighted by atomic mass is 16.5. The van der Waals surface area contributed by atoms with Crippen LogP contribution in [0.15, 0.2) is 10.6 Å². The SMILES string of the molecule is Cc1cc(OCC(=O)N2C[C@@H](N(C)C)[C@@H](C)C2)no1. The molecule has 2 rings (SSSR count). The Morgan fingerprint density at radius 1 is 1.58 bits per heavy atom. The minimum Gasteiger partial charge on any atom is -0.465 e. The third kappa shape index (κ3) is 3.26.